The second-order valence-electron chi connectivity index (χ2n) is 7.73. The van der Waals surface area contributed by atoms with Crippen LogP contribution in [-0.2, 0) is 26.0 Å². The molecule has 0 aliphatic carbocycles. The third kappa shape index (κ3) is 5.45. The van der Waals surface area contributed by atoms with Crippen molar-refractivity contribution < 1.29 is 22.7 Å². The van der Waals surface area contributed by atoms with E-state index in [2.05, 4.69) is 5.32 Å². The van der Waals surface area contributed by atoms with Crippen LogP contribution in [0.3, 0.4) is 0 Å². The lowest BCUT2D eigenvalue weighted by atomic mass is 10.1. The molecule has 10 heteroatoms. The van der Waals surface area contributed by atoms with Crippen LogP contribution in [0.15, 0.2) is 47.4 Å². The molecular formula is C22H28N4O5S. The van der Waals surface area contributed by atoms with E-state index in [4.69, 9.17) is 9.88 Å². The molecule has 2 amide bonds. The Hall–Kier alpha value is -2.95. The number of sulfonamides is 1. The number of hydrogen-bond acceptors (Lipinski definition) is 6. The number of ether oxygens (including phenoxy) is 1. The molecule has 1 aliphatic rings. The Bertz CT molecular complexity index is 1100. The molecule has 32 heavy (non-hydrogen) atoms. The van der Waals surface area contributed by atoms with Crippen LogP contribution >= 0.6 is 0 Å². The first-order valence-electron chi connectivity index (χ1n) is 10.3. The topological polar surface area (TPSA) is 122 Å². The molecule has 3 N–H and O–H groups in total. The van der Waals surface area contributed by atoms with Gasteiger partial charge in [-0.1, -0.05) is 6.92 Å². The van der Waals surface area contributed by atoms with E-state index >= 15 is 0 Å². The highest BCUT2D eigenvalue weighted by Gasteiger charge is 2.32. The first-order chi connectivity index (χ1) is 15.1. The summed E-state index contributed by atoms with van der Waals surface area (Å²) in [5, 5.41) is 8.04. The molecule has 0 radical (unpaired) electrons. The summed E-state index contributed by atoms with van der Waals surface area (Å²) >= 11 is 0. The number of carbonyl (C=O) groups is 2. The summed E-state index contributed by atoms with van der Waals surface area (Å²) in [7, 11) is -2.24. The smallest absolute Gasteiger partial charge is 0.241 e. The van der Waals surface area contributed by atoms with Crippen molar-refractivity contribution in [3.05, 3.63) is 48.0 Å². The fourth-order valence-corrected chi connectivity index (χ4v) is 4.35. The van der Waals surface area contributed by atoms with Crippen molar-refractivity contribution in [2.45, 2.75) is 31.2 Å². The lowest BCUT2D eigenvalue weighted by molar-refractivity contribution is -0.121. The summed E-state index contributed by atoms with van der Waals surface area (Å²) in [6, 6.07) is 11.4. The van der Waals surface area contributed by atoms with Gasteiger partial charge in [-0.2, -0.15) is 0 Å². The second-order valence-corrected chi connectivity index (χ2v) is 9.29. The summed E-state index contributed by atoms with van der Waals surface area (Å²) < 4.78 is 28.4. The average Bonchev–Trinajstić information content (AvgIpc) is 3.08. The zero-order valence-corrected chi connectivity index (χ0v) is 19.2. The third-order valence-electron chi connectivity index (χ3n) is 5.41. The number of nitrogens with zero attached hydrogens (tertiary/aromatic N) is 2. The van der Waals surface area contributed by atoms with E-state index in [0.717, 1.165) is 5.56 Å². The predicted octanol–water partition coefficient (Wildman–Crippen LogP) is 1.58. The van der Waals surface area contributed by atoms with E-state index in [9.17, 15) is 18.0 Å². The highest BCUT2D eigenvalue weighted by atomic mass is 32.2. The number of nitrogens with one attached hydrogen (secondary N) is 1. The molecule has 172 valence electrons. The van der Waals surface area contributed by atoms with Gasteiger partial charge in [0.15, 0.2) is 0 Å². The largest absolute Gasteiger partial charge is 0.497 e. The Balaban J connectivity index is 1.65. The van der Waals surface area contributed by atoms with Crippen LogP contribution in [-0.4, -0.2) is 57.9 Å². The summed E-state index contributed by atoms with van der Waals surface area (Å²) in [4.78, 5) is 29.0. The number of methoxy groups -OCH3 is 1. The third-order valence-corrected chi connectivity index (χ3v) is 6.32. The minimum atomic E-state index is -3.81. The molecule has 0 aromatic heterocycles. The molecule has 2 aromatic rings. The maximum absolute atomic E-state index is 13.1. The van der Waals surface area contributed by atoms with E-state index < -0.39 is 10.0 Å². The maximum Gasteiger partial charge on any atom is 0.241 e. The second kappa shape index (κ2) is 9.68. The number of likely N-dealkylation sites (N-methyl/N-ethyl adjacent to an activating group) is 1. The molecule has 0 spiro atoms. The van der Waals surface area contributed by atoms with Crippen molar-refractivity contribution >= 4 is 33.2 Å². The summed E-state index contributed by atoms with van der Waals surface area (Å²) in [6.07, 6.45) is 0.536. The monoisotopic (exact) mass is 460 g/mol. The molecule has 0 bridgehead atoms. The van der Waals surface area contributed by atoms with Gasteiger partial charge >= 0.3 is 0 Å². The molecule has 0 fully saturated rings. The first kappa shape index (κ1) is 23.7. The molecule has 1 aliphatic heterocycles. The number of amides is 2. The van der Waals surface area contributed by atoms with Crippen LogP contribution in [0.5, 0.6) is 5.75 Å². The number of benzene rings is 2. The maximum atomic E-state index is 13.1. The fraction of sp³-hybridized carbons (Fsp3) is 0.364. The summed E-state index contributed by atoms with van der Waals surface area (Å²) in [5.74, 6) is 0.316. The molecule has 2 aromatic carbocycles. The first-order valence-corrected chi connectivity index (χ1v) is 11.8. The number of anilines is 2. The van der Waals surface area contributed by atoms with Crippen LogP contribution in [0.2, 0.25) is 0 Å². The number of rotatable bonds is 8. The molecule has 0 unspecified atom stereocenters. The van der Waals surface area contributed by atoms with Gasteiger partial charge in [0.2, 0.25) is 21.8 Å². The number of hydrogen-bond donors (Lipinski definition) is 2. The van der Waals surface area contributed by atoms with Gasteiger partial charge in [-0.05, 0) is 67.9 Å². The molecule has 1 atom stereocenters. The van der Waals surface area contributed by atoms with Crippen LogP contribution in [0.25, 0.3) is 0 Å². The lowest BCUT2D eigenvalue weighted by Gasteiger charge is -2.27. The molecule has 9 nitrogen and oxygen atoms in total. The average molecular weight is 461 g/mol. The Morgan fingerprint density at radius 2 is 1.88 bits per heavy atom. The highest BCUT2D eigenvalue weighted by molar-refractivity contribution is 7.89. The molecular weight excluding hydrogens is 432 g/mol. The Labute approximate surface area is 188 Å². The van der Waals surface area contributed by atoms with E-state index in [-0.39, 0.29) is 35.8 Å². The van der Waals surface area contributed by atoms with Gasteiger partial charge in [-0.3, -0.25) is 14.5 Å². The van der Waals surface area contributed by atoms with Gasteiger partial charge in [0.25, 0.3) is 0 Å². The van der Waals surface area contributed by atoms with Crippen molar-refractivity contribution in [2.75, 3.05) is 37.0 Å². The molecule has 0 saturated carbocycles. The number of primary sulfonamides is 1. The van der Waals surface area contributed by atoms with E-state index in [1.807, 2.05) is 13.8 Å². The van der Waals surface area contributed by atoms with E-state index in [0.29, 0.717) is 30.1 Å². The summed E-state index contributed by atoms with van der Waals surface area (Å²) in [5.41, 5.74) is 2.08. The van der Waals surface area contributed by atoms with Gasteiger partial charge < -0.3 is 15.0 Å². The zero-order valence-electron chi connectivity index (χ0n) is 18.4. The molecule has 0 saturated heterocycles. The normalized spacial score (nSPS) is 15.5. The van der Waals surface area contributed by atoms with E-state index in [1.165, 1.54) is 12.1 Å². The minimum absolute atomic E-state index is 0.0307. The number of nitrogens with two attached hydrogens (primary N) is 1. The van der Waals surface area contributed by atoms with E-state index in [1.54, 1.807) is 47.2 Å². The predicted molar refractivity (Wildman–Crippen MR) is 122 cm³/mol. The van der Waals surface area contributed by atoms with Crippen molar-refractivity contribution in [3.63, 3.8) is 0 Å². The van der Waals surface area contributed by atoms with Gasteiger partial charge in [0.1, 0.15) is 5.75 Å². The highest BCUT2D eigenvalue weighted by Crippen LogP contribution is 2.33. The molecule has 1 heterocycles. The Morgan fingerprint density at radius 1 is 1.19 bits per heavy atom. The van der Waals surface area contributed by atoms with Crippen molar-refractivity contribution in [1.82, 2.24) is 4.90 Å². The SMILES string of the molecule is CCN(CC(=O)Nc1ccc(OC)cc1)CC(=O)N1c2ccc(S(N)(=O)=O)cc2C[C@H]1C. The summed E-state index contributed by atoms with van der Waals surface area (Å²) in [6.45, 7) is 4.43. The standard InChI is InChI=1S/C22H28N4O5S/c1-4-25(13-21(27)24-17-5-7-18(31-3)8-6-17)14-22(28)26-15(2)11-16-12-19(32(23,29)30)9-10-20(16)26/h5-10,12,15H,4,11,13-14H2,1-3H3,(H,24,27)(H2,23,29,30)/t15-/m1/s1. The molecule has 3 rings (SSSR count). The lowest BCUT2D eigenvalue weighted by Crippen LogP contribution is -2.45. The van der Waals surface area contributed by atoms with Gasteiger partial charge in [0, 0.05) is 17.4 Å². The van der Waals surface area contributed by atoms with Gasteiger partial charge in [0.05, 0.1) is 25.1 Å². The fourth-order valence-electron chi connectivity index (χ4n) is 3.79. The van der Waals surface area contributed by atoms with Crippen molar-refractivity contribution in [3.8, 4) is 5.75 Å². The quantitative estimate of drug-likeness (QED) is 0.617. The van der Waals surface area contributed by atoms with Crippen LogP contribution in [0, 0.1) is 0 Å². The van der Waals surface area contributed by atoms with Crippen LogP contribution in [0.4, 0.5) is 11.4 Å². The zero-order chi connectivity index (χ0) is 23.5. The Morgan fingerprint density at radius 3 is 2.47 bits per heavy atom. The van der Waals surface area contributed by atoms with Gasteiger partial charge in [-0.15, -0.1) is 0 Å². The van der Waals surface area contributed by atoms with Gasteiger partial charge in [-0.25, -0.2) is 13.6 Å². The van der Waals surface area contributed by atoms with Crippen LogP contribution < -0.4 is 20.1 Å². The van der Waals surface area contributed by atoms with Crippen molar-refractivity contribution in [1.29, 1.82) is 0 Å². The van der Waals surface area contributed by atoms with Crippen LogP contribution in [0.1, 0.15) is 19.4 Å². The van der Waals surface area contributed by atoms with Crippen molar-refractivity contribution in [2.24, 2.45) is 5.14 Å². The number of fused-ring (bicyclic) bond motifs is 1. The Kier molecular flexibility index (Phi) is 7.17. The number of carbonyl (C=O) groups excluding carboxylic acids is 2. The minimum Gasteiger partial charge on any atom is -0.497 e.